The number of anilines is 1. The SMILES string of the molecule is COc1ccc(Cn2cc(C(=O)Nc3cnn(CC4CCCO4)c3)cn2)cc1. The largest absolute Gasteiger partial charge is 0.497 e. The van der Waals surface area contributed by atoms with Crippen molar-refractivity contribution in [3.63, 3.8) is 0 Å². The van der Waals surface area contributed by atoms with Crippen LogP contribution in [0.15, 0.2) is 49.1 Å². The monoisotopic (exact) mass is 381 g/mol. The van der Waals surface area contributed by atoms with Gasteiger partial charge in [-0.05, 0) is 30.5 Å². The average Bonchev–Trinajstić information content (AvgIpc) is 3.46. The molecule has 1 aliphatic heterocycles. The molecule has 1 unspecified atom stereocenters. The van der Waals surface area contributed by atoms with Crippen LogP contribution in [0.3, 0.4) is 0 Å². The Morgan fingerprint density at radius 1 is 1.21 bits per heavy atom. The summed E-state index contributed by atoms with van der Waals surface area (Å²) in [5.74, 6) is 0.599. The lowest BCUT2D eigenvalue weighted by Gasteiger charge is -2.08. The number of amides is 1. The van der Waals surface area contributed by atoms with Crippen molar-refractivity contribution in [2.45, 2.75) is 32.0 Å². The van der Waals surface area contributed by atoms with Crippen LogP contribution in [0.1, 0.15) is 28.8 Å². The summed E-state index contributed by atoms with van der Waals surface area (Å²) in [6, 6.07) is 7.76. The van der Waals surface area contributed by atoms with Gasteiger partial charge in [0.25, 0.3) is 5.91 Å². The second kappa shape index (κ2) is 8.26. The summed E-state index contributed by atoms with van der Waals surface area (Å²) in [4.78, 5) is 12.5. The molecule has 3 heterocycles. The summed E-state index contributed by atoms with van der Waals surface area (Å²) >= 11 is 0. The molecule has 1 aliphatic rings. The van der Waals surface area contributed by atoms with Crippen molar-refractivity contribution in [3.8, 4) is 5.75 Å². The highest BCUT2D eigenvalue weighted by atomic mass is 16.5. The van der Waals surface area contributed by atoms with E-state index in [-0.39, 0.29) is 12.0 Å². The molecule has 0 bridgehead atoms. The smallest absolute Gasteiger partial charge is 0.258 e. The van der Waals surface area contributed by atoms with E-state index in [9.17, 15) is 4.79 Å². The van der Waals surface area contributed by atoms with E-state index in [0.29, 0.717) is 24.3 Å². The third-order valence-electron chi connectivity index (χ3n) is 4.70. The lowest BCUT2D eigenvalue weighted by atomic mass is 10.2. The summed E-state index contributed by atoms with van der Waals surface area (Å²) in [6.07, 6.45) is 9.12. The summed E-state index contributed by atoms with van der Waals surface area (Å²) in [7, 11) is 1.64. The fourth-order valence-electron chi connectivity index (χ4n) is 3.21. The molecule has 8 heteroatoms. The predicted octanol–water partition coefficient (Wildman–Crippen LogP) is 2.57. The zero-order valence-electron chi connectivity index (χ0n) is 15.7. The number of hydrogen-bond acceptors (Lipinski definition) is 5. The van der Waals surface area contributed by atoms with Gasteiger partial charge in [0.15, 0.2) is 0 Å². The van der Waals surface area contributed by atoms with Crippen molar-refractivity contribution in [3.05, 3.63) is 60.2 Å². The molecule has 3 aromatic rings. The van der Waals surface area contributed by atoms with Gasteiger partial charge in [0.05, 0.1) is 49.9 Å². The van der Waals surface area contributed by atoms with E-state index < -0.39 is 0 Å². The van der Waals surface area contributed by atoms with E-state index in [2.05, 4.69) is 15.5 Å². The first kappa shape index (κ1) is 18.2. The highest BCUT2D eigenvalue weighted by Gasteiger charge is 2.17. The molecule has 1 N–H and O–H groups in total. The zero-order chi connectivity index (χ0) is 19.3. The van der Waals surface area contributed by atoms with Crippen molar-refractivity contribution < 1.29 is 14.3 Å². The fourth-order valence-corrected chi connectivity index (χ4v) is 3.21. The maximum absolute atomic E-state index is 12.5. The first-order chi connectivity index (χ1) is 13.7. The third-order valence-corrected chi connectivity index (χ3v) is 4.70. The van der Waals surface area contributed by atoms with Gasteiger partial charge in [0, 0.05) is 19.0 Å². The van der Waals surface area contributed by atoms with Crippen LogP contribution in [-0.2, 0) is 17.8 Å². The number of carbonyl (C=O) groups is 1. The van der Waals surface area contributed by atoms with Gasteiger partial charge in [-0.15, -0.1) is 0 Å². The predicted molar refractivity (Wildman–Crippen MR) is 103 cm³/mol. The molecule has 28 heavy (non-hydrogen) atoms. The van der Waals surface area contributed by atoms with E-state index >= 15 is 0 Å². The third kappa shape index (κ3) is 4.40. The zero-order valence-corrected chi connectivity index (χ0v) is 15.7. The van der Waals surface area contributed by atoms with Crippen molar-refractivity contribution in [2.75, 3.05) is 19.0 Å². The standard InChI is InChI=1S/C20H23N5O3/c1-27-18-6-4-15(5-7-18)11-24-12-16(9-21-24)20(26)23-17-10-22-25(13-17)14-19-3-2-8-28-19/h4-7,9-10,12-13,19H,2-3,8,11,14H2,1H3,(H,23,26). The molecule has 146 valence electrons. The Labute approximate surface area is 163 Å². The normalized spacial score (nSPS) is 16.2. The molecule has 4 rings (SSSR count). The van der Waals surface area contributed by atoms with Gasteiger partial charge in [0.2, 0.25) is 0 Å². The number of hydrogen-bond donors (Lipinski definition) is 1. The molecule has 1 fully saturated rings. The highest BCUT2D eigenvalue weighted by Crippen LogP contribution is 2.16. The molecule has 1 amide bonds. The van der Waals surface area contributed by atoms with Gasteiger partial charge < -0.3 is 14.8 Å². The first-order valence-corrected chi connectivity index (χ1v) is 9.30. The van der Waals surface area contributed by atoms with Crippen LogP contribution in [0.2, 0.25) is 0 Å². The molecule has 0 spiro atoms. The van der Waals surface area contributed by atoms with E-state index in [1.165, 1.54) is 0 Å². The van der Waals surface area contributed by atoms with E-state index in [1.54, 1.807) is 35.1 Å². The molecule has 1 aromatic carbocycles. The van der Waals surface area contributed by atoms with Gasteiger partial charge in [-0.3, -0.25) is 14.2 Å². The van der Waals surface area contributed by atoms with Crippen LogP contribution >= 0.6 is 0 Å². The van der Waals surface area contributed by atoms with E-state index in [4.69, 9.17) is 9.47 Å². The molecule has 1 saturated heterocycles. The van der Waals surface area contributed by atoms with Crippen LogP contribution in [0.4, 0.5) is 5.69 Å². The lowest BCUT2D eigenvalue weighted by molar-refractivity contribution is 0.0940. The number of nitrogens with one attached hydrogen (secondary N) is 1. The minimum atomic E-state index is -0.211. The molecular formula is C20H23N5O3. The van der Waals surface area contributed by atoms with Crippen LogP contribution in [-0.4, -0.2) is 45.3 Å². The molecule has 8 nitrogen and oxygen atoms in total. The number of aromatic nitrogens is 4. The quantitative estimate of drug-likeness (QED) is 0.680. The van der Waals surface area contributed by atoms with Crippen LogP contribution < -0.4 is 10.1 Å². The Balaban J connectivity index is 1.34. The van der Waals surface area contributed by atoms with Gasteiger partial charge >= 0.3 is 0 Å². The fraction of sp³-hybridized carbons (Fsp3) is 0.350. The van der Waals surface area contributed by atoms with Crippen LogP contribution in [0, 0.1) is 0 Å². The second-order valence-electron chi connectivity index (χ2n) is 6.81. The molecular weight excluding hydrogens is 358 g/mol. The number of carbonyl (C=O) groups excluding carboxylic acids is 1. The van der Waals surface area contributed by atoms with Crippen LogP contribution in [0.25, 0.3) is 0 Å². The van der Waals surface area contributed by atoms with E-state index in [1.807, 2.05) is 30.5 Å². The Morgan fingerprint density at radius 3 is 2.79 bits per heavy atom. The van der Waals surface area contributed by atoms with Crippen molar-refractivity contribution in [1.29, 1.82) is 0 Å². The Kier molecular flexibility index (Phi) is 5.38. The molecule has 2 aromatic heterocycles. The van der Waals surface area contributed by atoms with Crippen molar-refractivity contribution >= 4 is 11.6 Å². The van der Waals surface area contributed by atoms with Crippen LogP contribution in [0.5, 0.6) is 5.75 Å². The summed E-state index contributed by atoms with van der Waals surface area (Å²) in [5, 5.41) is 11.4. The number of benzene rings is 1. The van der Waals surface area contributed by atoms with Crippen molar-refractivity contribution in [1.82, 2.24) is 19.6 Å². The topological polar surface area (TPSA) is 83.2 Å². The maximum atomic E-state index is 12.5. The first-order valence-electron chi connectivity index (χ1n) is 9.30. The highest BCUT2D eigenvalue weighted by molar-refractivity contribution is 6.03. The Morgan fingerprint density at radius 2 is 2.04 bits per heavy atom. The number of rotatable bonds is 7. The second-order valence-corrected chi connectivity index (χ2v) is 6.81. The summed E-state index contributed by atoms with van der Waals surface area (Å²) in [5.41, 5.74) is 2.23. The van der Waals surface area contributed by atoms with Gasteiger partial charge in [0.1, 0.15) is 5.75 Å². The number of nitrogens with zero attached hydrogens (tertiary/aromatic N) is 4. The Bertz CT molecular complexity index is 925. The molecule has 0 aliphatic carbocycles. The van der Waals surface area contributed by atoms with Crippen molar-refractivity contribution in [2.24, 2.45) is 0 Å². The molecule has 0 saturated carbocycles. The minimum absolute atomic E-state index is 0.208. The molecule has 1 atom stereocenters. The van der Waals surface area contributed by atoms with Gasteiger partial charge in [-0.25, -0.2) is 0 Å². The average molecular weight is 381 g/mol. The number of ether oxygens (including phenoxy) is 2. The number of methoxy groups -OCH3 is 1. The molecule has 0 radical (unpaired) electrons. The minimum Gasteiger partial charge on any atom is -0.497 e. The summed E-state index contributed by atoms with van der Waals surface area (Å²) < 4.78 is 14.3. The maximum Gasteiger partial charge on any atom is 0.258 e. The van der Waals surface area contributed by atoms with Gasteiger partial charge in [-0.2, -0.15) is 10.2 Å². The van der Waals surface area contributed by atoms with Gasteiger partial charge in [-0.1, -0.05) is 12.1 Å². The lowest BCUT2D eigenvalue weighted by Crippen LogP contribution is -2.15. The summed E-state index contributed by atoms with van der Waals surface area (Å²) in [6.45, 7) is 2.10. The Hall–Kier alpha value is -3.13. The van der Waals surface area contributed by atoms with E-state index in [0.717, 1.165) is 30.8 Å².